The summed E-state index contributed by atoms with van der Waals surface area (Å²) in [7, 11) is -1.84. The highest BCUT2D eigenvalue weighted by atomic mass is 32.2. The second kappa shape index (κ2) is 5.69. The fraction of sp³-hybridized carbons (Fsp3) is 0.538. The fourth-order valence-electron chi connectivity index (χ4n) is 2.32. The third-order valence-corrected chi connectivity index (χ3v) is 5.59. The van der Waals surface area contributed by atoms with Gasteiger partial charge in [0, 0.05) is 6.20 Å². The molecule has 0 radical (unpaired) electrons. The van der Waals surface area contributed by atoms with Gasteiger partial charge in [-0.05, 0) is 25.0 Å². The molecule has 0 amide bonds. The summed E-state index contributed by atoms with van der Waals surface area (Å²) in [6.45, 7) is 0. The standard InChI is InChI=1S/C13H17NO4S/c1-18-13(15)10-6-7-11(14-8-10)9-19(16,17)12-4-2-3-5-12/h6-8,12H,2-5,9H2,1H3. The molecule has 0 saturated heterocycles. The normalized spacial score (nSPS) is 16.5. The van der Waals surface area contributed by atoms with Crippen LogP contribution in [-0.2, 0) is 20.3 Å². The molecule has 5 nitrogen and oxygen atoms in total. The van der Waals surface area contributed by atoms with E-state index in [9.17, 15) is 13.2 Å². The number of methoxy groups -OCH3 is 1. The number of hydrogen-bond acceptors (Lipinski definition) is 5. The number of nitrogens with zero attached hydrogens (tertiary/aromatic N) is 1. The predicted octanol–water partition coefficient (Wildman–Crippen LogP) is 1.73. The molecule has 0 unspecified atom stereocenters. The van der Waals surface area contributed by atoms with Crippen LogP contribution in [0.5, 0.6) is 0 Å². The highest BCUT2D eigenvalue weighted by Gasteiger charge is 2.29. The molecule has 1 aromatic rings. The summed E-state index contributed by atoms with van der Waals surface area (Å²) in [5.41, 5.74) is 0.795. The Balaban J connectivity index is 2.09. The van der Waals surface area contributed by atoms with Crippen LogP contribution >= 0.6 is 0 Å². The Bertz CT molecular complexity index is 545. The number of esters is 1. The number of rotatable bonds is 4. The molecule has 0 spiro atoms. The number of sulfone groups is 1. The van der Waals surface area contributed by atoms with E-state index in [2.05, 4.69) is 9.72 Å². The average Bonchev–Trinajstić information content (AvgIpc) is 2.93. The summed E-state index contributed by atoms with van der Waals surface area (Å²) in [6.07, 6.45) is 4.83. The van der Waals surface area contributed by atoms with Gasteiger partial charge in [0.2, 0.25) is 0 Å². The topological polar surface area (TPSA) is 73.3 Å². The Kier molecular flexibility index (Phi) is 4.19. The van der Waals surface area contributed by atoms with Crippen molar-refractivity contribution in [3.05, 3.63) is 29.6 Å². The van der Waals surface area contributed by atoms with Gasteiger partial charge in [-0.3, -0.25) is 4.98 Å². The first-order valence-electron chi connectivity index (χ1n) is 6.28. The maximum atomic E-state index is 12.1. The summed E-state index contributed by atoms with van der Waals surface area (Å²) >= 11 is 0. The second-order valence-electron chi connectivity index (χ2n) is 4.74. The lowest BCUT2D eigenvalue weighted by atomic mass is 10.2. The summed E-state index contributed by atoms with van der Waals surface area (Å²) in [5.74, 6) is -0.531. The smallest absolute Gasteiger partial charge is 0.339 e. The third-order valence-electron chi connectivity index (χ3n) is 3.40. The molecule has 1 fully saturated rings. The van der Waals surface area contributed by atoms with E-state index in [1.807, 2.05) is 0 Å². The zero-order chi connectivity index (χ0) is 13.9. The van der Waals surface area contributed by atoms with E-state index >= 15 is 0 Å². The fourth-order valence-corrected chi connectivity index (χ4v) is 4.19. The minimum atomic E-state index is -3.13. The van der Waals surface area contributed by atoms with Crippen LogP contribution in [0.1, 0.15) is 41.7 Å². The first-order chi connectivity index (χ1) is 9.03. The highest BCUT2D eigenvalue weighted by molar-refractivity contribution is 7.91. The first kappa shape index (κ1) is 14.0. The summed E-state index contributed by atoms with van der Waals surface area (Å²) in [5, 5.41) is -0.227. The van der Waals surface area contributed by atoms with Gasteiger partial charge in [-0.2, -0.15) is 0 Å². The first-order valence-corrected chi connectivity index (χ1v) is 7.99. The van der Waals surface area contributed by atoms with Crippen LogP contribution in [0.25, 0.3) is 0 Å². The lowest BCUT2D eigenvalue weighted by molar-refractivity contribution is 0.0600. The van der Waals surface area contributed by atoms with E-state index in [4.69, 9.17) is 0 Å². The van der Waals surface area contributed by atoms with Crippen molar-refractivity contribution in [2.45, 2.75) is 36.7 Å². The summed E-state index contributed by atoms with van der Waals surface area (Å²) < 4.78 is 28.9. The van der Waals surface area contributed by atoms with Gasteiger partial charge < -0.3 is 4.74 Å². The van der Waals surface area contributed by atoms with Crippen molar-refractivity contribution >= 4 is 15.8 Å². The van der Waals surface area contributed by atoms with Crippen LogP contribution in [-0.4, -0.2) is 31.7 Å². The van der Waals surface area contributed by atoms with Gasteiger partial charge >= 0.3 is 5.97 Å². The molecule has 1 aromatic heterocycles. The van der Waals surface area contributed by atoms with Crippen LogP contribution in [0.3, 0.4) is 0 Å². The lowest BCUT2D eigenvalue weighted by Gasteiger charge is -2.10. The lowest BCUT2D eigenvalue weighted by Crippen LogP contribution is -2.20. The minimum Gasteiger partial charge on any atom is -0.465 e. The highest BCUT2D eigenvalue weighted by Crippen LogP contribution is 2.26. The van der Waals surface area contributed by atoms with Crippen LogP contribution in [0.4, 0.5) is 0 Å². The molecule has 19 heavy (non-hydrogen) atoms. The predicted molar refractivity (Wildman–Crippen MR) is 70.5 cm³/mol. The number of hydrogen-bond donors (Lipinski definition) is 0. The number of carbonyl (C=O) groups is 1. The quantitative estimate of drug-likeness (QED) is 0.787. The molecule has 0 N–H and O–H groups in total. The van der Waals surface area contributed by atoms with Gasteiger partial charge in [0.05, 0.1) is 29.4 Å². The van der Waals surface area contributed by atoms with Gasteiger partial charge in [-0.1, -0.05) is 12.8 Å². The van der Waals surface area contributed by atoms with Crippen molar-refractivity contribution in [2.75, 3.05) is 7.11 Å². The largest absolute Gasteiger partial charge is 0.465 e. The molecular weight excluding hydrogens is 266 g/mol. The van der Waals surface area contributed by atoms with E-state index < -0.39 is 15.8 Å². The van der Waals surface area contributed by atoms with Gasteiger partial charge in [-0.15, -0.1) is 0 Å². The molecule has 1 aliphatic rings. The monoisotopic (exact) mass is 283 g/mol. The number of pyridine rings is 1. The van der Waals surface area contributed by atoms with E-state index in [0.717, 1.165) is 25.7 Å². The maximum Gasteiger partial charge on any atom is 0.339 e. The molecule has 1 aliphatic carbocycles. The van der Waals surface area contributed by atoms with Crippen molar-refractivity contribution in [3.8, 4) is 0 Å². The van der Waals surface area contributed by atoms with Gasteiger partial charge in [0.1, 0.15) is 0 Å². The SMILES string of the molecule is COC(=O)c1ccc(CS(=O)(=O)C2CCCC2)nc1. The summed E-state index contributed by atoms with van der Waals surface area (Å²) in [4.78, 5) is 15.3. The number of aromatic nitrogens is 1. The Morgan fingerprint density at radius 3 is 2.58 bits per heavy atom. The zero-order valence-electron chi connectivity index (χ0n) is 10.8. The molecule has 0 aliphatic heterocycles. The number of carbonyl (C=O) groups excluding carboxylic acids is 1. The van der Waals surface area contributed by atoms with E-state index in [1.54, 1.807) is 12.1 Å². The second-order valence-corrected chi connectivity index (χ2v) is 7.02. The Labute approximate surface area is 112 Å². The molecule has 0 aromatic carbocycles. The summed E-state index contributed by atoms with van der Waals surface area (Å²) in [6, 6.07) is 3.11. The average molecular weight is 283 g/mol. The molecule has 1 saturated carbocycles. The maximum absolute atomic E-state index is 12.1. The van der Waals surface area contributed by atoms with Crippen molar-refractivity contribution in [2.24, 2.45) is 0 Å². The Hall–Kier alpha value is -1.43. The van der Waals surface area contributed by atoms with Crippen LogP contribution < -0.4 is 0 Å². The third kappa shape index (κ3) is 3.32. The van der Waals surface area contributed by atoms with Crippen molar-refractivity contribution in [1.29, 1.82) is 0 Å². The minimum absolute atomic E-state index is 0.0564. The Morgan fingerprint density at radius 1 is 1.37 bits per heavy atom. The van der Waals surface area contributed by atoms with Crippen molar-refractivity contribution in [1.82, 2.24) is 4.98 Å². The van der Waals surface area contributed by atoms with Crippen LogP contribution in [0, 0.1) is 0 Å². The van der Waals surface area contributed by atoms with Gasteiger partial charge in [-0.25, -0.2) is 13.2 Å². The van der Waals surface area contributed by atoms with Gasteiger partial charge in [0.25, 0.3) is 0 Å². The molecular formula is C13H17NO4S. The van der Waals surface area contributed by atoms with E-state index in [1.165, 1.54) is 13.3 Å². The molecule has 104 valence electrons. The van der Waals surface area contributed by atoms with Gasteiger partial charge in [0.15, 0.2) is 9.84 Å². The Morgan fingerprint density at radius 2 is 2.05 bits per heavy atom. The zero-order valence-corrected chi connectivity index (χ0v) is 11.6. The van der Waals surface area contributed by atoms with E-state index in [-0.39, 0.29) is 11.0 Å². The van der Waals surface area contributed by atoms with Crippen molar-refractivity contribution in [3.63, 3.8) is 0 Å². The molecule has 6 heteroatoms. The molecule has 1 heterocycles. The molecule has 0 bridgehead atoms. The van der Waals surface area contributed by atoms with Crippen molar-refractivity contribution < 1.29 is 17.9 Å². The van der Waals surface area contributed by atoms with E-state index in [0.29, 0.717) is 11.3 Å². The van der Waals surface area contributed by atoms with Crippen LogP contribution in [0.2, 0.25) is 0 Å². The molecule has 0 atom stereocenters. The molecule has 2 rings (SSSR count). The number of ether oxygens (including phenoxy) is 1. The van der Waals surface area contributed by atoms with Crippen LogP contribution in [0.15, 0.2) is 18.3 Å².